The van der Waals surface area contributed by atoms with Gasteiger partial charge < -0.3 is 0 Å². The van der Waals surface area contributed by atoms with Crippen molar-refractivity contribution in [2.75, 3.05) is 6.54 Å². The van der Waals surface area contributed by atoms with Gasteiger partial charge in [0.25, 0.3) is 10.0 Å². The molecule has 142 valence electrons. The van der Waals surface area contributed by atoms with Gasteiger partial charge in [-0.05, 0) is 61.8 Å². The van der Waals surface area contributed by atoms with Crippen molar-refractivity contribution < 1.29 is 8.42 Å². The molecule has 0 radical (unpaired) electrons. The Hall–Kier alpha value is -1.55. The number of hydrogen-bond acceptors (Lipinski definition) is 2. The monoisotopic (exact) mass is 373 g/mol. The molecule has 1 unspecified atom stereocenters. The minimum absolute atomic E-state index is 0.404. The van der Waals surface area contributed by atoms with Crippen molar-refractivity contribution in [2.24, 2.45) is 5.92 Å². The van der Waals surface area contributed by atoms with Crippen LogP contribution in [-0.2, 0) is 10.0 Å². The lowest BCUT2D eigenvalue weighted by Gasteiger charge is -2.28. The first-order valence-electron chi connectivity index (χ1n) is 9.96. The Morgan fingerprint density at radius 2 is 1.85 bits per heavy atom. The predicted molar refractivity (Wildman–Crippen MR) is 107 cm³/mol. The molecule has 0 saturated carbocycles. The van der Waals surface area contributed by atoms with Crippen LogP contribution in [0.2, 0.25) is 0 Å². The lowest BCUT2D eigenvalue weighted by atomic mass is 9.87. The van der Waals surface area contributed by atoms with Crippen molar-refractivity contribution in [1.29, 1.82) is 0 Å². The van der Waals surface area contributed by atoms with Crippen LogP contribution in [-0.4, -0.2) is 19.3 Å². The van der Waals surface area contributed by atoms with E-state index in [1.165, 1.54) is 30.4 Å². The van der Waals surface area contributed by atoms with Crippen LogP contribution in [0.5, 0.6) is 0 Å². The second-order valence-corrected chi connectivity index (χ2v) is 9.64. The molecular formula is C22H31NO2S. The van der Waals surface area contributed by atoms with E-state index in [0.29, 0.717) is 17.4 Å². The summed E-state index contributed by atoms with van der Waals surface area (Å²) in [5.74, 6) is 0.511. The highest BCUT2D eigenvalue weighted by Crippen LogP contribution is 2.42. The molecule has 1 aromatic rings. The number of rotatable bonds is 7. The standard InChI is InChI=1S/C22H31NO2S/c1-4-5-6-7-8-19-15-18(3)16-20-13-14-23(22(19)20)26(24,25)21-11-9-17(2)10-12-21/h9-12,15,18H,4-8,13-14,16H2,1-3H3. The van der Waals surface area contributed by atoms with Crippen LogP contribution in [0, 0.1) is 12.8 Å². The zero-order valence-electron chi connectivity index (χ0n) is 16.3. The molecule has 0 bridgehead atoms. The molecule has 3 rings (SSSR count). The Labute approximate surface area is 158 Å². The molecule has 0 fully saturated rings. The van der Waals surface area contributed by atoms with E-state index in [1.54, 1.807) is 16.4 Å². The lowest BCUT2D eigenvalue weighted by Crippen LogP contribution is -2.29. The van der Waals surface area contributed by atoms with E-state index < -0.39 is 10.0 Å². The third kappa shape index (κ3) is 3.90. The van der Waals surface area contributed by atoms with Crippen molar-refractivity contribution in [2.45, 2.75) is 70.6 Å². The molecule has 0 spiro atoms. The normalized spacial score (nSPS) is 20.3. The summed E-state index contributed by atoms with van der Waals surface area (Å²) in [6.07, 6.45) is 10.00. The molecular weight excluding hydrogens is 342 g/mol. The maximum absolute atomic E-state index is 13.3. The van der Waals surface area contributed by atoms with Gasteiger partial charge in [-0.3, -0.25) is 4.31 Å². The first-order valence-corrected chi connectivity index (χ1v) is 11.4. The highest BCUT2D eigenvalue weighted by atomic mass is 32.2. The average molecular weight is 374 g/mol. The van der Waals surface area contributed by atoms with E-state index in [4.69, 9.17) is 0 Å². The molecule has 0 aromatic heterocycles. The van der Waals surface area contributed by atoms with Crippen molar-refractivity contribution in [3.63, 3.8) is 0 Å². The third-order valence-electron chi connectivity index (χ3n) is 5.47. The number of nitrogens with zero attached hydrogens (tertiary/aromatic N) is 1. The van der Waals surface area contributed by atoms with E-state index in [0.717, 1.165) is 36.9 Å². The highest BCUT2D eigenvalue weighted by molar-refractivity contribution is 7.89. The van der Waals surface area contributed by atoms with Gasteiger partial charge in [-0.1, -0.05) is 56.9 Å². The number of aryl methyl sites for hydroxylation is 1. The molecule has 1 aromatic carbocycles. The lowest BCUT2D eigenvalue weighted by molar-refractivity contribution is 0.498. The number of allylic oxidation sites excluding steroid dienone is 2. The van der Waals surface area contributed by atoms with Gasteiger partial charge in [0.05, 0.1) is 10.6 Å². The van der Waals surface area contributed by atoms with Crippen LogP contribution in [0.4, 0.5) is 0 Å². The number of hydrogen-bond donors (Lipinski definition) is 0. The van der Waals surface area contributed by atoms with Crippen molar-refractivity contribution in [3.05, 3.63) is 52.7 Å². The molecule has 0 amide bonds. The molecule has 3 nitrogen and oxygen atoms in total. The van der Waals surface area contributed by atoms with Crippen molar-refractivity contribution >= 4 is 10.0 Å². The summed E-state index contributed by atoms with van der Waals surface area (Å²) in [4.78, 5) is 0.404. The summed E-state index contributed by atoms with van der Waals surface area (Å²) in [5.41, 5.74) is 4.68. The minimum atomic E-state index is -3.48. The molecule has 1 aliphatic carbocycles. The number of sulfonamides is 1. The van der Waals surface area contributed by atoms with E-state index in [9.17, 15) is 8.42 Å². The Kier molecular flexibility index (Phi) is 5.91. The smallest absolute Gasteiger partial charge is 0.264 e. The van der Waals surface area contributed by atoms with E-state index in [-0.39, 0.29) is 0 Å². The van der Waals surface area contributed by atoms with Crippen LogP contribution in [0.1, 0.15) is 64.4 Å². The van der Waals surface area contributed by atoms with E-state index >= 15 is 0 Å². The average Bonchev–Trinajstić information content (AvgIpc) is 3.03. The van der Waals surface area contributed by atoms with Crippen LogP contribution in [0.3, 0.4) is 0 Å². The summed E-state index contributed by atoms with van der Waals surface area (Å²) >= 11 is 0. The van der Waals surface area contributed by atoms with E-state index in [2.05, 4.69) is 19.9 Å². The molecule has 4 heteroatoms. The maximum atomic E-state index is 13.3. The second-order valence-electron chi connectivity index (χ2n) is 7.78. The molecule has 0 saturated heterocycles. The van der Waals surface area contributed by atoms with Crippen LogP contribution in [0.15, 0.2) is 52.1 Å². The summed E-state index contributed by atoms with van der Waals surface area (Å²) in [6.45, 7) is 7.02. The maximum Gasteiger partial charge on any atom is 0.264 e. The summed E-state index contributed by atoms with van der Waals surface area (Å²) in [6, 6.07) is 7.23. The molecule has 26 heavy (non-hydrogen) atoms. The fraction of sp³-hybridized carbons (Fsp3) is 0.545. The van der Waals surface area contributed by atoms with Gasteiger partial charge in [0.15, 0.2) is 0 Å². The first kappa shape index (κ1) is 19.2. The van der Waals surface area contributed by atoms with Gasteiger partial charge in [-0.15, -0.1) is 0 Å². The second kappa shape index (κ2) is 7.99. The van der Waals surface area contributed by atoms with Gasteiger partial charge in [0, 0.05) is 6.54 Å². The molecule has 2 aliphatic rings. The topological polar surface area (TPSA) is 37.4 Å². The van der Waals surface area contributed by atoms with Crippen LogP contribution < -0.4 is 0 Å². The quantitative estimate of drug-likeness (QED) is 0.585. The molecule has 1 heterocycles. The van der Waals surface area contributed by atoms with Gasteiger partial charge in [-0.2, -0.15) is 0 Å². The molecule has 1 atom stereocenters. The largest absolute Gasteiger partial charge is 0.266 e. The Bertz CT molecular complexity index is 803. The zero-order chi connectivity index (χ0) is 18.7. The van der Waals surface area contributed by atoms with Crippen molar-refractivity contribution in [3.8, 4) is 0 Å². The van der Waals surface area contributed by atoms with Crippen molar-refractivity contribution in [1.82, 2.24) is 4.31 Å². The van der Waals surface area contributed by atoms with Gasteiger partial charge in [-0.25, -0.2) is 8.42 Å². The Balaban J connectivity index is 1.87. The van der Waals surface area contributed by atoms with Gasteiger partial charge in [0.1, 0.15) is 0 Å². The van der Waals surface area contributed by atoms with Crippen LogP contribution >= 0.6 is 0 Å². The summed E-state index contributed by atoms with van der Waals surface area (Å²) in [7, 11) is -3.48. The SMILES string of the molecule is CCCCCCC1=CC(C)CC2=C1N(S(=O)(=O)c1ccc(C)cc1)CC2. The van der Waals surface area contributed by atoms with Gasteiger partial charge >= 0.3 is 0 Å². The fourth-order valence-corrected chi connectivity index (χ4v) is 5.67. The Morgan fingerprint density at radius 1 is 1.12 bits per heavy atom. The minimum Gasteiger partial charge on any atom is -0.266 e. The summed E-state index contributed by atoms with van der Waals surface area (Å²) < 4.78 is 28.2. The number of unbranched alkanes of at least 4 members (excludes halogenated alkanes) is 3. The predicted octanol–water partition coefficient (Wildman–Crippen LogP) is 5.58. The third-order valence-corrected chi connectivity index (χ3v) is 7.28. The number of benzene rings is 1. The Morgan fingerprint density at radius 3 is 2.54 bits per heavy atom. The van der Waals surface area contributed by atoms with Gasteiger partial charge in [0.2, 0.25) is 0 Å². The molecule has 1 aliphatic heterocycles. The van der Waals surface area contributed by atoms with E-state index in [1.807, 2.05) is 19.1 Å². The zero-order valence-corrected chi connectivity index (χ0v) is 17.1. The summed E-state index contributed by atoms with van der Waals surface area (Å²) in [5, 5.41) is 0. The molecule has 0 N–H and O–H groups in total. The highest BCUT2D eigenvalue weighted by Gasteiger charge is 2.36. The fourth-order valence-electron chi connectivity index (χ4n) is 4.12. The first-order chi connectivity index (χ1) is 12.4. The van der Waals surface area contributed by atoms with Crippen LogP contribution in [0.25, 0.3) is 0 Å².